The van der Waals surface area contributed by atoms with Gasteiger partial charge in [-0.15, -0.1) is 0 Å². The lowest BCUT2D eigenvalue weighted by Crippen LogP contribution is -2.11. The average molecular weight is 263 g/mol. The summed E-state index contributed by atoms with van der Waals surface area (Å²) in [5.41, 5.74) is 0.281. The first-order valence-electron chi connectivity index (χ1n) is 6.20. The van der Waals surface area contributed by atoms with E-state index in [4.69, 9.17) is 0 Å². The first-order valence-corrected chi connectivity index (χ1v) is 6.20. The zero-order valence-electron chi connectivity index (χ0n) is 12.1. The van der Waals surface area contributed by atoms with Gasteiger partial charge in [0.2, 0.25) is 0 Å². The zero-order valence-corrected chi connectivity index (χ0v) is 12.1. The predicted molar refractivity (Wildman–Crippen MR) is 71.5 cm³/mol. The lowest BCUT2D eigenvalue weighted by molar-refractivity contribution is -0.137. The number of alkyl halides is 3. The highest BCUT2D eigenvalue weighted by Gasteiger charge is 2.29. The summed E-state index contributed by atoms with van der Waals surface area (Å²) < 4.78 is 36.5. The molecule has 0 aromatic heterocycles. The highest BCUT2D eigenvalue weighted by Crippen LogP contribution is 2.29. The van der Waals surface area contributed by atoms with Crippen molar-refractivity contribution < 1.29 is 13.2 Å². The normalized spacial score (nSPS) is 10.1. The molecule has 0 fully saturated rings. The van der Waals surface area contributed by atoms with Crippen molar-refractivity contribution in [2.45, 2.75) is 40.4 Å². The first-order chi connectivity index (χ1) is 8.39. The maximum Gasteiger partial charge on any atom is 0.416 e. The molecule has 0 aliphatic carbocycles. The van der Waals surface area contributed by atoms with E-state index >= 15 is 0 Å². The third-order valence-corrected chi connectivity index (χ3v) is 1.78. The van der Waals surface area contributed by atoms with E-state index in [9.17, 15) is 13.2 Å². The Morgan fingerprint density at radius 1 is 0.889 bits per heavy atom. The number of nitrogens with zero attached hydrogens (tertiary/aromatic N) is 1. The van der Waals surface area contributed by atoms with Crippen molar-refractivity contribution in [3.8, 4) is 0 Å². The lowest BCUT2D eigenvalue weighted by Gasteiger charge is -2.11. The lowest BCUT2D eigenvalue weighted by atomic mass is 10.1. The largest absolute Gasteiger partial charge is 0.416 e. The minimum absolute atomic E-state index is 0.597. The molecule has 106 valence electrons. The van der Waals surface area contributed by atoms with Crippen LogP contribution in [0.5, 0.6) is 0 Å². The molecule has 1 aromatic rings. The molecule has 4 heteroatoms. The highest BCUT2D eigenvalue weighted by molar-refractivity contribution is 5.24. The van der Waals surface area contributed by atoms with Gasteiger partial charge in [-0.05, 0) is 31.8 Å². The van der Waals surface area contributed by atoms with Crippen molar-refractivity contribution in [2.24, 2.45) is 0 Å². The van der Waals surface area contributed by atoms with E-state index in [2.05, 4.69) is 0 Å². The molecule has 0 saturated heterocycles. The van der Waals surface area contributed by atoms with Crippen LogP contribution < -0.4 is 0 Å². The van der Waals surface area contributed by atoms with Gasteiger partial charge in [-0.2, -0.15) is 13.2 Å². The van der Waals surface area contributed by atoms with E-state index < -0.39 is 11.7 Å². The molecule has 1 aromatic carbocycles. The maximum atomic E-state index is 12.2. The molecule has 0 N–H and O–H groups in total. The van der Waals surface area contributed by atoms with Gasteiger partial charge >= 0.3 is 6.18 Å². The van der Waals surface area contributed by atoms with Crippen LogP contribution in [0, 0.1) is 0 Å². The van der Waals surface area contributed by atoms with Gasteiger partial charge in [0.05, 0.1) is 5.56 Å². The molecule has 0 amide bonds. The predicted octanol–water partition coefficient (Wildman–Crippen LogP) is 4.82. The van der Waals surface area contributed by atoms with Crippen molar-refractivity contribution in [2.75, 3.05) is 14.1 Å². The molecular formula is C14H24F3N. The van der Waals surface area contributed by atoms with Crippen LogP contribution in [0.1, 0.15) is 38.8 Å². The van der Waals surface area contributed by atoms with Crippen molar-refractivity contribution in [3.05, 3.63) is 35.4 Å². The van der Waals surface area contributed by atoms with Crippen molar-refractivity contribution in [3.63, 3.8) is 0 Å². The number of hydrogen-bond donors (Lipinski definition) is 0. The van der Waals surface area contributed by atoms with Gasteiger partial charge in [0.15, 0.2) is 0 Å². The molecular weight excluding hydrogens is 239 g/mol. The monoisotopic (exact) mass is 263 g/mol. The van der Waals surface area contributed by atoms with Crippen molar-refractivity contribution in [1.29, 1.82) is 0 Å². The summed E-state index contributed by atoms with van der Waals surface area (Å²) in [4.78, 5) is 1.91. The van der Waals surface area contributed by atoms with Crippen LogP contribution in [0.25, 0.3) is 0 Å². The summed E-state index contributed by atoms with van der Waals surface area (Å²) in [6.45, 7) is 8.65. The van der Waals surface area contributed by atoms with Crippen molar-refractivity contribution in [1.82, 2.24) is 4.90 Å². The van der Waals surface area contributed by atoms with Crippen LogP contribution >= 0.6 is 0 Å². The molecule has 0 unspecified atom stereocenters. The summed E-state index contributed by atoms with van der Waals surface area (Å²) in [5, 5.41) is 0. The van der Waals surface area contributed by atoms with Gasteiger partial charge in [-0.3, -0.25) is 0 Å². The van der Waals surface area contributed by atoms with Gasteiger partial charge in [-0.25, -0.2) is 0 Å². The summed E-state index contributed by atoms with van der Waals surface area (Å²) in [7, 11) is 3.75. The summed E-state index contributed by atoms with van der Waals surface area (Å²) in [6.07, 6.45) is -4.24. The summed E-state index contributed by atoms with van der Waals surface area (Å²) in [6, 6.07) is 5.23. The van der Waals surface area contributed by atoms with E-state index in [0.29, 0.717) is 6.54 Å². The average Bonchev–Trinajstić information content (AvgIpc) is 2.33. The number of halogens is 3. The smallest absolute Gasteiger partial charge is 0.305 e. The quantitative estimate of drug-likeness (QED) is 0.739. The number of rotatable bonds is 2. The second-order valence-corrected chi connectivity index (χ2v) is 3.43. The second kappa shape index (κ2) is 9.95. The van der Waals surface area contributed by atoms with Crippen LogP contribution in [0.15, 0.2) is 24.3 Å². The molecule has 0 bridgehead atoms. The van der Waals surface area contributed by atoms with E-state index in [1.165, 1.54) is 12.1 Å². The Morgan fingerprint density at radius 3 is 1.56 bits per heavy atom. The molecule has 1 nitrogen and oxygen atoms in total. The van der Waals surface area contributed by atoms with Crippen LogP contribution in [-0.2, 0) is 12.7 Å². The molecule has 0 radical (unpaired) electrons. The molecule has 0 heterocycles. The fourth-order valence-electron chi connectivity index (χ4n) is 1.16. The molecule has 1 rings (SSSR count). The Bertz CT molecular complexity index is 289. The maximum absolute atomic E-state index is 12.2. The Balaban J connectivity index is 0. The Kier molecular flexibility index (Phi) is 10.7. The third-order valence-electron chi connectivity index (χ3n) is 1.78. The second-order valence-electron chi connectivity index (χ2n) is 3.43. The molecule has 0 saturated carbocycles. The van der Waals surface area contributed by atoms with Gasteiger partial charge in [0.25, 0.3) is 0 Å². The van der Waals surface area contributed by atoms with Gasteiger partial charge in [0, 0.05) is 6.54 Å². The summed E-state index contributed by atoms with van der Waals surface area (Å²) in [5.74, 6) is 0. The van der Waals surface area contributed by atoms with E-state index in [1.807, 2.05) is 46.7 Å². The molecule has 0 aliphatic rings. The molecule has 18 heavy (non-hydrogen) atoms. The SMILES string of the molecule is CC.CC.CN(C)Cc1ccc(C(F)(F)F)cc1. The molecule has 0 aliphatic heterocycles. The Morgan fingerprint density at radius 2 is 1.28 bits per heavy atom. The van der Waals surface area contributed by atoms with Crippen LogP contribution in [0.3, 0.4) is 0 Å². The van der Waals surface area contributed by atoms with Crippen LogP contribution in [-0.4, -0.2) is 19.0 Å². The van der Waals surface area contributed by atoms with Gasteiger partial charge < -0.3 is 4.90 Å². The van der Waals surface area contributed by atoms with Crippen molar-refractivity contribution >= 4 is 0 Å². The number of benzene rings is 1. The van der Waals surface area contributed by atoms with E-state index in [-0.39, 0.29) is 0 Å². The minimum atomic E-state index is -4.24. The van der Waals surface area contributed by atoms with Gasteiger partial charge in [0.1, 0.15) is 0 Å². The fourth-order valence-corrected chi connectivity index (χ4v) is 1.16. The fraction of sp³-hybridized carbons (Fsp3) is 0.571. The topological polar surface area (TPSA) is 3.24 Å². The van der Waals surface area contributed by atoms with E-state index in [1.54, 1.807) is 0 Å². The van der Waals surface area contributed by atoms with Crippen LogP contribution in [0.2, 0.25) is 0 Å². The van der Waals surface area contributed by atoms with Crippen LogP contribution in [0.4, 0.5) is 13.2 Å². The van der Waals surface area contributed by atoms with E-state index in [0.717, 1.165) is 17.7 Å². The molecule has 0 spiro atoms. The molecule has 0 atom stereocenters. The standard InChI is InChI=1S/C10H12F3N.2C2H6/c1-14(2)7-8-3-5-9(6-4-8)10(11,12)13;2*1-2/h3-6H,7H2,1-2H3;2*1-2H3. The number of hydrogen-bond acceptors (Lipinski definition) is 1. The summed E-state index contributed by atoms with van der Waals surface area (Å²) >= 11 is 0. The highest BCUT2D eigenvalue weighted by atomic mass is 19.4. The Labute approximate surface area is 109 Å². The third kappa shape index (κ3) is 8.12. The zero-order chi connectivity index (χ0) is 14.8. The van der Waals surface area contributed by atoms with Gasteiger partial charge in [-0.1, -0.05) is 39.8 Å². The Hall–Kier alpha value is -1.03. The first kappa shape index (κ1) is 19.3. The minimum Gasteiger partial charge on any atom is -0.305 e.